The van der Waals surface area contributed by atoms with Crippen LogP contribution in [0, 0.1) is 6.92 Å². The van der Waals surface area contributed by atoms with E-state index in [2.05, 4.69) is 5.16 Å². The van der Waals surface area contributed by atoms with E-state index in [1.807, 2.05) is 30.0 Å². The van der Waals surface area contributed by atoms with Crippen molar-refractivity contribution < 1.29 is 23.6 Å². The molecule has 1 fully saturated rings. The molecule has 8 heteroatoms. The first-order valence-corrected chi connectivity index (χ1v) is 9.82. The molecule has 2 heterocycles. The summed E-state index contributed by atoms with van der Waals surface area (Å²) in [6, 6.07) is 7.37. The third kappa shape index (κ3) is 5.07. The number of aryl methyl sites for hydroxylation is 2. The summed E-state index contributed by atoms with van der Waals surface area (Å²) in [5.74, 6) is 1.91. The smallest absolute Gasteiger partial charge is 0.276 e. The molecule has 0 N–H and O–H groups in total. The van der Waals surface area contributed by atoms with Gasteiger partial charge in [-0.3, -0.25) is 9.59 Å². The first-order chi connectivity index (χ1) is 14.0. The van der Waals surface area contributed by atoms with Gasteiger partial charge >= 0.3 is 0 Å². The van der Waals surface area contributed by atoms with Gasteiger partial charge in [0.25, 0.3) is 5.91 Å². The third-order valence-corrected chi connectivity index (χ3v) is 4.92. The van der Waals surface area contributed by atoms with Gasteiger partial charge in [0.2, 0.25) is 5.91 Å². The molecule has 1 aliphatic rings. The molecule has 8 nitrogen and oxygen atoms in total. The molecule has 1 aliphatic heterocycles. The van der Waals surface area contributed by atoms with Gasteiger partial charge in [-0.2, -0.15) is 0 Å². The summed E-state index contributed by atoms with van der Waals surface area (Å²) >= 11 is 0. The minimum absolute atomic E-state index is 0.0854. The lowest BCUT2D eigenvalue weighted by molar-refractivity contribution is -0.132. The summed E-state index contributed by atoms with van der Waals surface area (Å²) in [5, 5.41) is 3.77. The van der Waals surface area contributed by atoms with E-state index in [9.17, 15) is 9.59 Å². The number of carbonyl (C=O) groups is 2. The van der Waals surface area contributed by atoms with Gasteiger partial charge in [0.1, 0.15) is 5.76 Å². The summed E-state index contributed by atoms with van der Waals surface area (Å²) < 4.78 is 15.9. The van der Waals surface area contributed by atoms with Crippen LogP contribution < -0.4 is 9.47 Å². The first-order valence-electron chi connectivity index (χ1n) is 9.82. The van der Waals surface area contributed by atoms with E-state index in [0.717, 1.165) is 5.56 Å². The van der Waals surface area contributed by atoms with Crippen molar-refractivity contribution in [2.24, 2.45) is 0 Å². The topological polar surface area (TPSA) is 85.1 Å². The largest absolute Gasteiger partial charge is 0.493 e. The number of carbonyl (C=O) groups excluding carboxylic acids is 2. The Bertz CT molecular complexity index is 856. The predicted molar refractivity (Wildman–Crippen MR) is 106 cm³/mol. The minimum atomic E-state index is -0.157. The maximum atomic E-state index is 12.6. The normalized spacial score (nSPS) is 14.0. The van der Waals surface area contributed by atoms with Crippen molar-refractivity contribution in [3.63, 3.8) is 0 Å². The van der Waals surface area contributed by atoms with Gasteiger partial charge in [0, 0.05) is 38.7 Å². The van der Waals surface area contributed by atoms with Crippen LogP contribution in [-0.2, 0) is 11.2 Å². The Balaban J connectivity index is 1.49. The average Bonchev–Trinajstić information content (AvgIpc) is 3.18. The number of piperazine rings is 1. The average molecular weight is 401 g/mol. The zero-order valence-electron chi connectivity index (χ0n) is 17.1. The molecule has 29 heavy (non-hydrogen) atoms. The molecule has 0 saturated carbocycles. The number of aromatic nitrogens is 1. The molecule has 1 aromatic heterocycles. The van der Waals surface area contributed by atoms with Crippen LogP contribution in [0.2, 0.25) is 0 Å². The molecule has 156 valence electrons. The van der Waals surface area contributed by atoms with Gasteiger partial charge < -0.3 is 23.8 Å². The Morgan fingerprint density at radius 3 is 2.45 bits per heavy atom. The van der Waals surface area contributed by atoms with E-state index in [1.54, 1.807) is 25.0 Å². The summed E-state index contributed by atoms with van der Waals surface area (Å²) in [7, 11) is 1.61. The Labute approximate surface area is 170 Å². The van der Waals surface area contributed by atoms with Crippen LogP contribution in [0.25, 0.3) is 0 Å². The van der Waals surface area contributed by atoms with Gasteiger partial charge in [0.05, 0.1) is 13.7 Å². The number of methoxy groups -OCH3 is 1. The molecule has 3 rings (SSSR count). The molecule has 1 aromatic carbocycles. The second kappa shape index (κ2) is 9.45. The number of amides is 2. The fourth-order valence-corrected chi connectivity index (χ4v) is 3.34. The zero-order valence-corrected chi connectivity index (χ0v) is 17.1. The molecule has 2 aromatic rings. The van der Waals surface area contributed by atoms with Crippen LogP contribution in [0.4, 0.5) is 0 Å². The van der Waals surface area contributed by atoms with Crippen molar-refractivity contribution >= 4 is 11.8 Å². The second-order valence-electron chi connectivity index (χ2n) is 6.91. The van der Waals surface area contributed by atoms with Crippen molar-refractivity contribution in [1.82, 2.24) is 15.0 Å². The molecule has 1 saturated heterocycles. The van der Waals surface area contributed by atoms with Gasteiger partial charge in [0.15, 0.2) is 17.2 Å². The lowest BCUT2D eigenvalue weighted by atomic mass is 10.1. The lowest BCUT2D eigenvalue weighted by Gasteiger charge is -2.34. The fourth-order valence-electron chi connectivity index (χ4n) is 3.34. The van der Waals surface area contributed by atoms with Crippen molar-refractivity contribution in [2.45, 2.75) is 26.7 Å². The molecule has 0 radical (unpaired) electrons. The fraction of sp³-hybridized carbons (Fsp3) is 0.476. The molecular weight excluding hydrogens is 374 g/mol. The third-order valence-electron chi connectivity index (χ3n) is 4.92. The van der Waals surface area contributed by atoms with E-state index in [4.69, 9.17) is 14.0 Å². The highest BCUT2D eigenvalue weighted by atomic mass is 16.5. The van der Waals surface area contributed by atoms with E-state index < -0.39 is 0 Å². The Hall–Kier alpha value is -3.03. The van der Waals surface area contributed by atoms with Gasteiger partial charge in [-0.15, -0.1) is 0 Å². The quantitative estimate of drug-likeness (QED) is 0.708. The maximum absolute atomic E-state index is 12.6. The van der Waals surface area contributed by atoms with Gasteiger partial charge in [-0.25, -0.2) is 0 Å². The second-order valence-corrected chi connectivity index (χ2v) is 6.91. The summed E-state index contributed by atoms with van der Waals surface area (Å²) in [6.07, 6.45) is 1.03. The Kier molecular flexibility index (Phi) is 6.74. The molecule has 0 aliphatic carbocycles. The number of rotatable bonds is 7. The first kappa shape index (κ1) is 20.7. The van der Waals surface area contributed by atoms with E-state index >= 15 is 0 Å². The summed E-state index contributed by atoms with van der Waals surface area (Å²) in [6.45, 7) is 6.27. The van der Waals surface area contributed by atoms with Crippen molar-refractivity contribution in [3.8, 4) is 11.5 Å². The van der Waals surface area contributed by atoms with Crippen LogP contribution >= 0.6 is 0 Å². The highest BCUT2D eigenvalue weighted by Gasteiger charge is 2.26. The molecule has 2 amide bonds. The molecular formula is C21H27N3O5. The highest BCUT2D eigenvalue weighted by Crippen LogP contribution is 2.28. The maximum Gasteiger partial charge on any atom is 0.276 e. The predicted octanol–water partition coefficient (Wildman–Crippen LogP) is 2.31. The number of ether oxygens (including phenoxy) is 2. The van der Waals surface area contributed by atoms with Crippen LogP contribution in [-0.4, -0.2) is 66.7 Å². The summed E-state index contributed by atoms with van der Waals surface area (Å²) in [4.78, 5) is 28.5. The van der Waals surface area contributed by atoms with Crippen LogP contribution in [0.15, 0.2) is 28.8 Å². The van der Waals surface area contributed by atoms with Crippen LogP contribution in [0.1, 0.15) is 35.2 Å². The number of hydrogen-bond acceptors (Lipinski definition) is 6. The van der Waals surface area contributed by atoms with Crippen LogP contribution in [0.5, 0.6) is 11.5 Å². The summed E-state index contributed by atoms with van der Waals surface area (Å²) in [5.41, 5.74) is 1.33. The SMILES string of the molecule is CCOc1ccc(CCC(=O)N2CCN(C(=O)c3cc(C)on3)CC2)cc1OC. The Morgan fingerprint density at radius 1 is 1.10 bits per heavy atom. The van der Waals surface area contributed by atoms with Crippen LogP contribution in [0.3, 0.4) is 0 Å². The van der Waals surface area contributed by atoms with Crippen molar-refractivity contribution in [2.75, 3.05) is 39.9 Å². The standard InChI is InChI=1S/C21H27N3O5/c1-4-28-18-7-5-16(14-19(18)27-3)6-8-20(25)23-9-11-24(12-10-23)21(26)17-13-15(2)29-22-17/h5,7,13-14H,4,6,8-12H2,1-3H3. The van der Waals surface area contributed by atoms with E-state index in [1.165, 1.54) is 0 Å². The van der Waals surface area contributed by atoms with Gasteiger partial charge in [-0.1, -0.05) is 11.2 Å². The molecule has 0 spiro atoms. The van der Waals surface area contributed by atoms with E-state index in [0.29, 0.717) is 68.6 Å². The minimum Gasteiger partial charge on any atom is -0.493 e. The number of nitrogens with zero attached hydrogens (tertiary/aromatic N) is 3. The highest BCUT2D eigenvalue weighted by molar-refractivity contribution is 5.92. The Morgan fingerprint density at radius 2 is 1.83 bits per heavy atom. The van der Waals surface area contributed by atoms with Crippen molar-refractivity contribution in [3.05, 3.63) is 41.3 Å². The zero-order chi connectivity index (χ0) is 20.8. The van der Waals surface area contributed by atoms with Crippen molar-refractivity contribution in [1.29, 1.82) is 0 Å². The van der Waals surface area contributed by atoms with E-state index in [-0.39, 0.29) is 11.8 Å². The van der Waals surface area contributed by atoms with Gasteiger partial charge in [-0.05, 0) is 38.0 Å². The monoisotopic (exact) mass is 401 g/mol. The molecule has 0 bridgehead atoms. The lowest BCUT2D eigenvalue weighted by Crippen LogP contribution is -2.50. The molecule has 0 atom stereocenters. The number of benzene rings is 1. The molecule has 0 unspecified atom stereocenters. The number of hydrogen-bond donors (Lipinski definition) is 0.